The Kier molecular flexibility index (Phi) is 5.83. The standard InChI is InChI=1S/C15H27N3O2/c1-18-11-12(10-14(18)19)15(20)17-9-8-16-13-6-4-2-3-5-7-13/h12-13,16H,2-11H2,1H3,(H,17,20). The van der Waals surface area contributed by atoms with E-state index in [-0.39, 0.29) is 17.7 Å². The molecule has 20 heavy (non-hydrogen) atoms. The molecule has 1 saturated carbocycles. The third-order valence-electron chi connectivity index (χ3n) is 4.42. The van der Waals surface area contributed by atoms with Crippen LogP contribution in [0.1, 0.15) is 44.9 Å². The van der Waals surface area contributed by atoms with Crippen LogP contribution in [0.5, 0.6) is 0 Å². The van der Waals surface area contributed by atoms with E-state index in [2.05, 4.69) is 10.6 Å². The minimum atomic E-state index is -0.162. The molecule has 1 aliphatic heterocycles. The minimum absolute atomic E-state index is 0.0189. The van der Waals surface area contributed by atoms with Crippen LogP contribution in [0.15, 0.2) is 0 Å². The van der Waals surface area contributed by atoms with E-state index in [1.807, 2.05) is 0 Å². The van der Waals surface area contributed by atoms with E-state index in [0.717, 1.165) is 6.54 Å². The van der Waals surface area contributed by atoms with Crippen molar-refractivity contribution in [3.63, 3.8) is 0 Å². The van der Waals surface area contributed by atoms with Gasteiger partial charge in [-0.15, -0.1) is 0 Å². The molecular weight excluding hydrogens is 254 g/mol. The molecule has 1 atom stereocenters. The summed E-state index contributed by atoms with van der Waals surface area (Å²) in [5.74, 6) is -0.0718. The highest BCUT2D eigenvalue weighted by molar-refractivity contribution is 5.89. The van der Waals surface area contributed by atoms with Gasteiger partial charge in [0.05, 0.1) is 5.92 Å². The molecule has 2 rings (SSSR count). The topological polar surface area (TPSA) is 61.4 Å². The molecule has 1 saturated heterocycles. The first-order valence-electron chi connectivity index (χ1n) is 7.92. The van der Waals surface area contributed by atoms with Gasteiger partial charge in [0.1, 0.15) is 0 Å². The van der Waals surface area contributed by atoms with Crippen molar-refractivity contribution in [1.82, 2.24) is 15.5 Å². The highest BCUT2D eigenvalue weighted by Crippen LogP contribution is 2.17. The van der Waals surface area contributed by atoms with Crippen LogP contribution in [0.4, 0.5) is 0 Å². The van der Waals surface area contributed by atoms with Crippen LogP contribution in [0, 0.1) is 5.92 Å². The van der Waals surface area contributed by atoms with E-state index < -0.39 is 0 Å². The highest BCUT2D eigenvalue weighted by Gasteiger charge is 2.31. The summed E-state index contributed by atoms with van der Waals surface area (Å²) in [4.78, 5) is 24.9. The number of carbonyl (C=O) groups is 2. The molecule has 0 aromatic carbocycles. The number of nitrogens with one attached hydrogen (secondary N) is 2. The zero-order valence-corrected chi connectivity index (χ0v) is 12.5. The van der Waals surface area contributed by atoms with Crippen LogP contribution in [0.25, 0.3) is 0 Å². The van der Waals surface area contributed by atoms with Crippen molar-refractivity contribution in [1.29, 1.82) is 0 Å². The number of hydrogen-bond acceptors (Lipinski definition) is 3. The van der Waals surface area contributed by atoms with Crippen LogP contribution in [0.2, 0.25) is 0 Å². The molecule has 0 radical (unpaired) electrons. The van der Waals surface area contributed by atoms with Crippen molar-refractivity contribution in [3.8, 4) is 0 Å². The summed E-state index contributed by atoms with van der Waals surface area (Å²) in [7, 11) is 1.75. The van der Waals surface area contributed by atoms with Gasteiger partial charge in [0.2, 0.25) is 11.8 Å². The number of nitrogens with zero attached hydrogens (tertiary/aromatic N) is 1. The second-order valence-corrected chi connectivity index (χ2v) is 6.11. The third-order valence-corrected chi connectivity index (χ3v) is 4.42. The second-order valence-electron chi connectivity index (χ2n) is 6.11. The first kappa shape index (κ1) is 15.3. The summed E-state index contributed by atoms with van der Waals surface area (Å²) >= 11 is 0. The van der Waals surface area contributed by atoms with Gasteiger partial charge in [-0.25, -0.2) is 0 Å². The van der Waals surface area contributed by atoms with Gasteiger partial charge in [-0.2, -0.15) is 0 Å². The number of likely N-dealkylation sites (tertiary alicyclic amines) is 1. The predicted octanol–water partition coefficient (Wildman–Crippen LogP) is 0.893. The SMILES string of the molecule is CN1CC(C(=O)NCCNC2CCCCCC2)CC1=O. The Balaban J connectivity index is 1.58. The average molecular weight is 281 g/mol. The van der Waals surface area contributed by atoms with Gasteiger partial charge in [0.15, 0.2) is 0 Å². The van der Waals surface area contributed by atoms with Gasteiger partial charge in [-0.3, -0.25) is 9.59 Å². The summed E-state index contributed by atoms with van der Waals surface area (Å²) < 4.78 is 0. The van der Waals surface area contributed by atoms with Crippen molar-refractivity contribution in [3.05, 3.63) is 0 Å². The Morgan fingerprint density at radius 1 is 1.20 bits per heavy atom. The van der Waals surface area contributed by atoms with Gasteiger partial charge in [0.25, 0.3) is 0 Å². The zero-order chi connectivity index (χ0) is 14.4. The van der Waals surface area contributed by atoms with Crippen LogP contribution < -0.4 is 10.6 Å². The lowest BCUT2D eigenvalue weighted by molar-refractivity contribution is -0.128. The molecule has 114 valence electrons. The fourth-order valence-corrected chi connectivity index (χ4v) is 3.13. The molecule has 0 aromatic rings. The Bertz CT molecular complexity index is 338. The molecule has 0 bridgehead atoms. The normalized spacial score (nSPS) is 24.8. The lowest BCUT2D eigenvalue weighted by atomic mass is 10.1. The zero-order valence-electron chi connectivity index (χ0n) is 12.5. The van der Waals surface area contributed by atoms with E-state index in [1.54, 1.807) is 11.9 Å². The van der Waals surface area contributed by atoms with E-state index in [9.17, 15) is 9.59 Å². The number of hydrogen-bond donors (Lipinski definition) is 2. The monoisotopic (exact) mass is 281 g/mol. The van der Waals surface area contributed by atoms with Crippen LogP contribution >= 0.6 is 0 Å². The summed E-state index contributed by atoms with van der Waals surface area (Å²) in [6.07, 6.45) is 8.24. The lowest BCUT2D eigenvalue weighted by Gasteiger charge is -2.17. The van der Waals surface area contributed by atoms with E-state index in [0.29, 0.717) is 25.6 Å². The maximum absolute atomic E-state index is 11.9. The average Bonchev–Trinajstić information content (AvgIpc) is 2.66. The largest absolute Gasteiger partial charge is 0.355 e. The van der Waals surface area contributed by atoms with Crippen molar-refractivity contribution >= 4 is 11.8 Å². The smallest absolute Gasteiger partial charge is 0.225 e. The fraction of sp³-hybridized carbons (Fsp3) is 0.867. The van der Waals surface area contributed by atoms with Crippen molar-refractivity contribution in [2.75, 3.05) is 26.7 Å². The Morgan fingerprint density at radius 2 is 1.90 bits per heavy atom. The van der Waals surface area contributed by atoms with Gasteiger partial charge >= 0.3 is 0 Å². The molecule has 2 amide bonds. The number of amides is 2. The number of carbonyl (C=O) groups excluding carboxylic acids is 2. The minimum Gasteiger partial charge on any atom is -0.355 e. The summed E-state index contributed by atoms with van der Waals surface area (Å²) in [6, 6.07) is 0.619. The number of rotatable bonds is 5. The molecular formula is C15H27N3O2. The molecule has 2 N–H and O–H groups in total. The molecule has 2 aliphatic rings. The van der Waals surface area contributed by atoms with Crippen molar-refractivity contribution in [2.45, 2.75) is 51.0 Å². The summed E-state index contributed by atoms with van der Waals surface area (Å²) in [5, 5.41) is 6.47. The van der Waals surface area contributed by atoms with Crippen LogP contribution in [0.3, 0.4) is 0 Å². The van der Waals surface area contributed by atoms with Crippen molar-refractivity contribution in [2.24, 2.45) is 5.92 Å². The van der Waals surface area contributed by atoms with Gasteiger partial charge in [-0.05, 0) is 12.8 Å². The maximum Gasteiger partial charge on any atom is 0.225 e. The molecule has 0 aromatic heterocycles. The summed E-state index contributed by atoms with van der Waals surface area (Å²) in [6.45, 7) is 2.04. The lowest BCUT2D eigenvalue weighted by Crippen LogP contribution is -2.39. The molecule has 5 heteroatoms. The quantitative estimate of drug-likeness (QED) is 0.581. The first-order valence-corrected chi connectivity index (χ1v) is 7.92. The summed E-state index contributed by atoms with van der Waals surface area (Å²) in [5.41, 5.74) is 0. The molecule has 1 aliphatic carbocycles. The van der Waals surface area contributed by atoms with E-state index >= 15 is 0 Å². The maximum atomic E-state index is 11.9. The van der Waals surface area contributed by atoms with Crippen LogP contribution in [-0.2, 0) is 9.59 Å². The Hall–Kier alpha value is -1.10. The van der Waals surface area contributed by atoms with Crippen molar-refractivity contribution < 1.29 is 9.59 Å². The molecule has 1 unspecified atom stereocenters. The Morgan fingerprint density at radius 3 is 2.50 bits per heavy atom. The first-order chi connectivity index (χ1) is 9.66. The fourth-order valence-electron chi connectivity index (χ4n) is 3.13. The van der Waals surface area contributed by atoms with Crippen LogP contribution in [-0.4, -0.2) is 49.4 Å². The molecule has 1 heterocycles. The molecule has 5 nitrogen and oxygen atoms in total. The molecule has 0 spiro atoms. The third kappa shape index (κ3) is 4.47. The Labute approximate surface area is 121 Å². The predicted molar refractivity (Wildman–Crippen MR) is 78.2 cm³/mol. The highest BCUT2D eigenvalue weighted by atomic mass is 16.2. The second kappa shape index (κ2) is 7.62. The van der Waals surface area contributed by atoms with Gasteiger partial charge < -0.3 is 15.5 Å². The van der Waals surface area contributed by atoms with E-state index in [4.69, 9.17) is 0 Å². The molecule has 2 fully saturated rings. The van der Waals surface area contributed by atoms with E-state index in [1.165, 1.54) is 38.5 Å². The van der Waals surface area contributed by atoms with Gasteiger partial charge in [-0.1, -0.05) is 25.7 Å². The van der Waals surface area contributed by atoms with Gasteiger partial charge in [0, 0.05) is 39.1 Å².